The summed E-state index contributed by atoms with van der Waals surface area (Å²) >= 11 is 0. The first kappa shape index (κ1) is 13.8. The van der Waals surface area contributed by atoms with Gasteiger partial charge in [-0.2, -0.15) is 0 Å². The lowest BCUT2D eigenvalue weighted by molar-refractivity contribution is 0.128. The third kappa shape index (κ3) is 3.70. The van der Waals surface area contributed by atoms with E-state index in [1.54, 1.807) is 0 Å². The fourth-order valence-electron chi connectivity index (χ4n) is 2.03. The molecule has 5 nitrogen and oxygen atoms in total. The predicted molar refractivity (Wildman–Crippen MR) is 79.3 cm³/mol. The van der Waals surface area contributed by atoms with Gasteiger partial charge in [0.15, 0.2) is 0 Å². The zero-order chi connectivity index (χ0) is 14.7. The SMILES string of the molecule is CCOCc1nc(-c2cccc(OC3CC3)c2)cc(=O)[nH]1. The molecule has 0 radical (unpaired) electrons. The third-order valence-corrected chi connectivity index (χ3v) is 3.19. The highest BCUT2D eigenvalue weighted by Gasteiger charge is 2.23. The van der Waals surface area contributed by atoms with Crippen molar-refractivity contribution < 1.29 is 9.47 Å². The van der Waals surface area contributed by atoms with Crippen LogP contribution in [0.15, 0.2) is 35.1 Å². The summed E-state index contributed by atoms with van der Waals surface area (Å²) in [4.78, 5) is 18.9. The summed E-state index contributed by atoms with van der Waals surface area (Å²) in [6.45, 7) is 2.79. The molecule has 1 aliphatic carbocycles. The van der Waals surface area contributed by atoms with Gasteiger partial charge in [0, 0.05) is 18.2 Å². The number of ether oxygens (including phenoxy) is 2. The summed E-state index contributed by atoms with van der Waals surface area (Å²) in [6, 6.07) is 9.18. The number of benzene rings is 1. The summed E-state index contributed by atoms with van der Waals surface area (Å²) < 4.78 is 11.1. The number of H-pyrrole nitrogens is 1. The van der Waals surface area contributed by atoms with E-state index in [2.05, 4.69) is 9.97 Å². The highest BCUT2D eigenvalue weighted by atomic mass is 16.5. The van der Waals surface area contributed by atoms with Crippen molar-refractivity contribution >= 4 is 0 Å². The standard InChI is InChI=1S/C16H18N2O3/c1-2-20-10-15-17-14(9-16(19)18-15)11-4-3-5-13(8-11)21-12-6-7-12/h3-5,8-9,12H,2,6-7,10H2,1H3,(H,17,18,19). The first-order chi connectivity index (χ1) is 10.2. The largest absolute Gasteiger partial charge is 0.490 e. The molecule has 0 unspecified atom stereocenters. The second kappa shape index (κ2) is 6.10. The number of hydrogen-bond donors (Lipinski definition) is 1. The maximum Gasteiger partial charge on any atom is 0.251 e. The number of rotatable bonds is 6. The molecule has 21 heavy (non-hydrogen) atoms. The van der Waals surface area contributed by atoms with Crippen molar-refractivity contribution in [1.82, 2.24) is 9.97 Å². The Hall–Kier alpha value is -2.14. The van der Waals surface area contributed by atoms with Gasteiger partial charge in [0.2, 0.25) is 0 Å². The quantitative estimate of drug-likeness (QED) is 0.886. The van der Waals surface area contributed by atoms with Gasteiger partial charge < -0.3 is 14.5 Å². The van der Waals surface area contributed by atoms with Crippen LogP contribution in [0.4, 0.5) is 0 Å². The van der Waals surface area contributed by atoms with E-state index < -0.39 is 0 Å². The van der Waals surface area contributed by atoms with E-state index in [1.807, 2.05) is 31.2 Å². The molecule has 3 rings (SSSR count). The van der Waals surface area contributed by atoms with Gasteiger partial charge >= 0.3 is 0 Å². The predicted octanol–water partition coefficient (Wildman–Crippen LogP) is 2.51. The van der Waals surface area contributed by atoms with Crippen molar-refractivity contribution in [2.75, 3.05) is 6.61 Å². The van der Waals surface area contributed by atoms with Crippen LogP contribution in [0.1, 0.15) is 25.6 Å². The Morgan fingerprint density at radius 3 is 2.95 bits per heavy atom. The molecular formula is C16H18N2O3. The molecule has 0 saturated heterocycles. The lowest BCUT2D eigenvalue weighted by Crippen LogP contribution is -2.12. The van der Waals surface area contributed by atoms with Crippen LogP contribution in [0, 0.1) is 0 Å². The van der Waals surface area contributed by atoms with Crippen LogP contribution >= 0.6 is 0 Å². The molecule has 1 N–H and O–H groups in total. The van der Waals surface area contributed by atoms with Crippen LogP contribution in [0.2, 0.25) is 0 Å². The lowest BCUT2D eigenvalue weighted by atomic mass is 10.1. The number of aromatic nitrogens is 2. The van der Waals surface area contributed by atoms with Crippen molar-refractivity contribution in [3.63, 3.8) is 0 Å². The first-order valence-electron chi connectivity index (χ1n) is 7.19. The third-order valence-electron chi connectivity index (χ3n) is 3.19. The number of nitrogens with zero attached hydrogens (tertiary/aromatic N) is 1. The molecule has 0 bridgehead atoms. The molecule has 0 atom stereocenters. The van der Waals surface area contributed by atoms with E-state index >= 15 is 0 Å². The van der Waals surface area contributed by atoms with Crippen molar-refractivity contribution in [2.45, 2.75) is 32.5 Å². The molecule has 1 fully saturated rings. The van der Waals surface area contributed by atoms with E-state index in [-0.39, 0.29) is 5.56 Å². The maximum atomic E-state index is 11.7. The van der Waals surface area contributed by atoms with Crippen LogP contribution in [0.3, 0.4) is 0 Å². The summed E-state index contributed by atoms with van der Waals surface area (Å²) in [5.74, 6) is 1.36. The van der Waals surface area contributed by atoms with E-state index in [0.29, 0.717) is 30.8 Å². The summed E-state index contributed by atoms with van der Waals surface area (Å²) in [7, 11) is 0. The van der Waals surface area contributed by atoms with E-state index in [9.17, 15) is 4.79 Å². The Morgan fingerprint density at radius 2 is 2.19 bits per heavy atom. The lowest BCUT2D eigenvalue weighted by Gasteiger charge is -2.08. The second-order valence-electron chi connectivity index (χ2n) is 5.06. The normalized spacial score (nSPS) is 14.1. The fraction of sp³-hybridized carbons (Fsp3) is 0.375. The Morgan fingerprint density at radius 1 is 1.33 bits per heavy atom. The van der Waals surface area contributed by atoms with Gasteiger partial charge in [0.1, 0.15) is 18.2 Å². The van der Waals surface area contributed by atoms with Gasteiger partial charge in [-0.1, -0.05) is 12.1 Å². The van der Waals surface area contributed by atoms with E-state index in [0.717, 1.165) is 24.2 Å². The van der Waals surface area contributed by atoms with Gasteiger partial charge in [-0.25, -0.2) is 4.98 Å². The van der Waals surface area contributed by atoms with E-state index in [1.165, 1.54) is 6.07 Å². The Labute approximate surface area is 123 Å². The van der Waals surface area contributed by atoms with Crippen molar-refractivity contribution in [2.24, 2.45) is 0 Å². The second-order valence-corrected chi connectivity index (χ2v) is 5.06. The minimum Gasteiger partial charge on any atom is -0.490 e. The van der Waals surface area contributed by atoms with Crippen LogP contribution < -0.4 is 10.3 Å². The van der Waals surface area contributed by atoms with Crippen molar-refractivity contribution in [3.05, 3.63) is 46.5 Å². The molecule has 2 aromatic rings. The molecule has 5 heteroatoms. The molecular weight excluding hydrogens is 268 g/mol. The Kier molecular flexibility index (Phi) is 4.01. The molecule has 1 aliphatic rings. The van der Waals surface area contributed by atoms with Gasteiger partial charge in [0.05, 0.1) is 11.8 Å². The molecule has 1 aromatic heterocycles. The average molecular weight is 286 g/mol. The van der Waals surface area contributed by atoms with Crippen LogP contribution in [0.5, 0.6) is 5.75 Å². The minimum atomic E-state index is -0.178. The van der Waals surface area contributed by atoms with Gasteiger partial charge in [-0.05, 0) is 31.9 Å². The molecule has 0 aliphatic heterocycles. The van der Waals surface area contributed by atoms with E-state index in [4.69, 9.17) is 9.47 Å². The first-order valence-corrected chi connectivity index (χ1v) is 7.19. The molecule has 0 spiro atoms. The topological polar surface area (TPSA) is 64.2 Å². The van der Waals surface area contributed by atoms with Gasteiger partial charge in [-0.15, -0.1) is 0 Å². The molecule has 1 aromatic carbocycles. The maximum absolute atomic E-state index is 11.7. The van der Waals surface area contributed by atoms with Gasteiger partial charge in [-0.3, -0.25) is 4.79 Å². The zero-order valence-electron chi connectivity index (χ0n) is 12.0. The van der Waals surface area contributed by atoms with Crippen molar-refractivity contribution in [1.29, 1.82) is 0 Å². The van der Waals surface area contributed by atoms with Gasteiger partial charge in [0.25, 0.3) is 5.56 Å². The Balaban J connectivity index is 1.87. The fourth-order valence-corrected chi connectivity index (χ4v) is 2.03. The monoisotopic (exact) mass is 286 g/mol. The van der Waals surface area contributed by atoms with Crippen LogP contribution in [0.25, 0.3) is 11.3 Å². The van der Waals surface area contributed by atoms with Crippen molar-refractivity contribution in [3.8, 4) is 17.0 Å². The molecule has 1 heterocycles. The molecule has 0 amide bonds. The molecule has 1 saturated carbocycles. The summed E-state index contributed by atoms with van der Waals surface area (Å²) in [5.41, 5.74) is 1.33. The van der Waals surface area contributed by atoms with Crippen LogP contribution in [-0.4, -0.2) is 22.7 Å². The highest BCUT2D eigenvalue weighted by Crippen LogP contribution is 2.29. The number of nitrogens with one attached hydrogen (secondary N) is 1. The Bertz CT molecular complexity index is 677. The summed E-state index contributed by atoms with van der Waals surface area (Å²) in [5, 5.41) is 0. The smallest absolute Gasteiger partial charge is 0.251 e. The average Bonchev–Trinajstić information content (AvgIpc) is 3.29. The van der Waals surface area contributed by atoms with Crippen LogP contribution in [-0.2, 0) is 11.3 Å². The minimum absolute atomic E-state index is 0.178. The zero-order valence-corrected chi connectivity index (χ0v) is 12.0. The molecule has 110 valence electrons. The number of aromatic amines is 1. The summed E-state index contributed by atoms with van der Waals surface area (Å²) in [6.07, 6.45) is 2.58. The highest BCUT2D eigenvalue weighted by molar-refractivity contribution is 5.60. The number of hydrogen-bond acceptors (Lipinski definition) is 4.